The Morgan fingerprint density at radius 3 is 2.70 bits per heavy atom. The van der Waals surface area contributed by atoms with Crippen LogP contribution in [-0.4, -0.2) is 37.4 Å². The zero-order valence-electron chi connectivity index (χ0n) is 11.9. The maximum Gasteiger partial charge on any atom is 0.258 e. The van der Waals surface area contributed by atoms with Crippen LogP contribution in [0.3, 0.4) is 0 Å². The van der Waals surface area contributed by atoms with E-state index in [1.807, 2.05) is 6.92 Å². The summed E-state index contributed by atoms with van der Waals surface area (Å²) in [6, 6.07) is 4.88. The SMILES string of the molecule is COCC(C)NC(=O)COc1ccc([C@@H](C)O)cc1Cl. The normalized spacial score (nSPS) is 13.7. The second-order valence-electron chi connectivity index (χ2n) is 4.58. The minimum Gasteiger partial charge on any atom is -0.482 e. The Morgan fingerprint density at radius 2 is 2.15 bits per heavy atom. The number of benzene rings is 1. The fourth-order valence-corrected chi connectivity index (χ4v) is 1.89. The van der Waals surface area contributed by atoms with E-state index in [4.69, 9.17) is 21.1 Å². The van der Waals surface area contributed by atoms with Crippen LogP contribution in [0.2, 0.25) is 5.02 Å². The van der Waals surface area contributed by atoms with Crippen LogP contribution in [-0.2, 0) is 9.53 Å². The largest absolute Gasteiger partial charge is 0.482 e. The molecule has 112 valence electrons. The fourth-order valence-electron chi connectivity index (χ4n) is 1.65. The van der Waals surface area contributed by atoms with Crippen molar-refractivity contribution >= 4 is 17.5 Å². The van der Waals surface area contributed by atoms with Gasteiger partial charge >= 0.3 is 0 Å². The Morgan fingerprint density at radius 1 is 1.45 bits per heavy atom. The molecule has 0 aliphatic rings. The molecule has 1 aromatic carbocycles. The van der Waals surface area contributed by atoms with Crippen molar-refractivity contribution in [3.63, 3.8) is 0 Å². The zero-order valence-corrected chi connectivity index (χ0v) is 12.6. The summed E-state index contributed by atoms with van der Waals surface area (Å²) in [5.41, 5.74) is 0.695. The molecule has 5 nitrogen and oxygen atoms in total. The van der Waals surface area contributed by atoms with Crippen molar-refractivity contribution in [2.45, 2.75) is 26.0 Å². The van der Waals surface area contributed by atoms with Gasteiger partial charge in [-0.25, -0.2) is 0 Å². The number of carbonyl (C=O) groups excluding carboxylic acids is 1. The second-order valence-corrected chi connectivity index (χ2v) is 4.99. The van der Waals surface area contributed by atoms with Crippen molar-refractivity contribution in [3.05, 3.63) is 28.8 Å². The van der Waals surface area contributed by atoms with Crippen molar-refractivity contribution in [1.82, 2.24) is 5.32 Å². The summed E-state index contributed by atoms with van der Waals surface area (Å²) in [6.45, 7) is 3.81. The molecule has 0 spiro atoms. The molecule has 0 radical (unpaired) electrons. The number of nitrogens with one attached hydrogen (secondary N) is 1. The number of amides is 1. The van der Waals surface area contributed by atoms with Gasteiger partial charge in [0.1, 0.15) is 5.75 Å². The third-order valence-corrected chi connectivity index (χ3v) is 2.92. The molecular weight excluding hydrogens is 282 g/mol. The number of carbonyl (C=O) groups is 1. The lowest BCUT2D eigenvalue weighted by Crippen LogP contribution is -2.38. The van der Waals surface area contributed by atoms with E-state index in [1.54, 1.807) is 32.2 Å². The first-order valence-electron chi connectivity index (χ1n) is 6.32. The number of halogens is 1. The molecule has 0 heterocycles. The van der Waals surface area contributed by atoms with Gasteiger partial charge < -0.3 is 19.9 Å². The average molecular weight is 302 g/mol. The summed E-state index contributed by atoms with van der Waals surface area (Å²) >= 11 is 6.02. The molecule has 0 saturated carbocycles. The second kappa shape index (κ2) is 8.09. The minimum atomic E-state index is -0.597. The Bertz CT molecular complexity index is 451. The maximum atomic E-state index is 11.6. The number of hydrogen-bond acceptors (Lipinski definition) is 4. The predicted octanol–water partition coefficient (Wildman–Crippen LogP) is 1.92. The van der Waals surface area contributed by atoms with Crippen molar-refractivity contribution in [2.75, 3.05) is 20.3 Å². The monoisotopic (exact) mass is 301 g/mol. The van der Waals surface area contributed by atoms with Gasteiger partial charge in [0.15, 0.2) is 6.61 Å². The first-order valence-corrected chi connectivity index (χ1v) is 6.70. The summed E-state index contributed by atoms with van der Waals surface area (Å²) in [5.74, 6) is 0.163. The molecule has 1 rings (SSSR count). The summed E-state index contributed by atoms with van der Waals surface area (Å²) in [4.78, 5) is 11.6. The highest BCUT2D eigenvalue weighted by molar-refractivity contribution is 6.32. The Balaban J connectivity index is 2.51. The van der Waals surface area contributed by atoms with Gasteiger partial charge in [0.25, 0.3) is 5.91 Å². The molecule has 0 aliphatic carbocycles. The van der Waals surface area contributed by atoms with E-state index in [0.29, 0.717) is 22.9 Å². The zero-order chi connectivity index (χ0) is 15.1. The third kappa shape index (κ3) is 5.36. The highest BCUT2D eigenvalue weighted by Gasteiger charge is 2.10. The van der Waals surface area contributed by atoms with Crippen LogP contribution >= 0.6 is 11.6 Å². The first kappa shape index (κ1) is 16.8. The molecule has 1 aromatic rings. The molecule has 0 saturated heterocycles. The van der Waals surface area contributed by atoms with Gasteiger partial charge in [-0.3, -0.25) is 4.79 Å². The summed E-state index contributed by atoms with van der Waals surface area (Å²) in [5, 5.41) is 12.5. The van der Waals surface area contributed by atoms with Crippen LogP contribution in [0.25, 0.3) is 0 Å². The summed E-state index contributed by atoms with van der Waals surface area (Å²) < 4.78 is 10.3. The van der Waals surface area contributed by atoms with Gasteiger partial charge in [-0.1, -0.05) is 17.7 Å². The van der Waals surface area contributed by atoms with Crippen LogP contribution in [0.1, 0.15) is 25.5 Å². The number of methoxy groups -OCH3 is 1. The number of aliphatic hydroxyl groups is 1. The van der Waals surface area contributed by atoms with Crippen molar-refractivity contribution in [1.29, 1.82) is 0 Å². The van der Waals surface area contributed by atoms with Crippen molar-refractivity contribution in [3.8, 4) is 5.75 Å². The molecule has 6 heteroatoms. The van der Waals surface area contributed by atoms with Crippen LogP contribution in [0, 0.1) is 0 Å². The number of aliphatic hydroxyl groups excluding tert-OH is 1. The highest BCUT2D eigenvalue weighted by Crippen LogP contribution is 2.27. The highest BCUT2D eigenvalue weighted by atomic mass is 35.5. The summed E-state index contributed by atoms with van der Waals surface area (Å²) in [7, 11) is 1.57. The lowest BCUT2D eigenvalue weighted by molar-refractivity contribution is -0.124. The van der Waals surface area contributed by atoms with Crippen molar-refractivity contribution in [2.24, 2.45) is 0 Å². The molecule has 20 heavy (non-hydrogen) atoms. The van der Waals surface area contributed by atoms with Gasteiger partial charge in [-0.15, -0.1) is 0 Å². The van der Waals surface area contributed by atoms with Crippen LogP contribution in [0.4, 0.5) is 0 Å². The lowest BCUT2D eigenvalue weighted by Gasteiger charge is -2.14. The molecular formula is C14H20ClNO4. The van der Waals surface area contributed by atoms with E-state index in [0.717, 1.165) is 0 Å². The average Bonchev–Trinajstić information content (AvgIpc) is 2.37. The van der Waals surface area contributed by atoms with Gasteiger partial charge in [-0.2, -0.15) is 0 Å². The third-order valence-electron chi connectivity index (χ3n) is 2.62. The molecule has 0 aromatic heterocycles. The van der Waals surface area contributed by atoms with Gasteiger partial charge in [0.2, 0.25) is 0 Å². The smallest absolute Gasteiger partial charge is 0.258 e. The van der Waals surface area contributed by atoms with E-state index < -0.39 is 6.10 Å². The van der Waals surface area contributed by atoms with E-state index in [2.05, 4.69) is 5.32 Å². The van der Waals surface area contributed by atoms with Crippen LogP contribution < -0.4 is 10.1 Å². The molecule has 0 aliphatic heterocycles. The Hall–Kier alpha value is -1.30. The van der Waals surface area contributed by atoms with Gasteiger partial charge in [0, 0.05) is 13.2 Å². The number of ether oxygens (including phenoxy) is 2. The van der Waals surface area contributed by atoms with E-state index in [9.17, 15) is 9.90 Å². The molecule has 2 N–H and O–H groups in total. The van der Waals surface area contributed by atoms with Crippen LogP contribution in [0.5, 0.6) is 5.75 Å². The van der Waals surface area contributed by atoms with Crippen molar-refractivity contribution < 1.29 is 19.4 Å². The lowest BCUT2D eigenvalue weighted by atomic mass is 10.1. The molecule has 1 unspecified atom stereocenters. The predicted molar refractivity (Wildman–Crippen MR) is 77.1 cm³/mol. The number of hydrogen-bond donors (Lipinski definition) is 2. The van der Waals surface area contributed by atoms with E-state index in [-0.39, 0.29) is 18.6 Å². The van der Waals surface area contributed by atoms with Gasteiger partial charge in [0.05, 0.1) is 17.7 Å². The molecule has 0 bridgehead atoms. The van der Waals surface area contributed by atoms with Crippen LogP contribution in [0.15, 0.2) is 18.2 Å². The quantitative estimate of drug-likeness (QED) is 0.807. The topological polar surface area (TPSA) is 67.8 Å². The fraction of sp³-hybridized carbons (Fsp3) is 0.500. The Kier molecular flexibility index (Phi) is 6.78. The minimum absolute atomic E-state index is 0.0795. The number of rotatable bonds is 7. The summed E-state index contributed by atoms with van der Waals surface area (Å²) in [6.07, 6.45) is -0.597. The molecule has 0 fully saturated rings. The standard InChI is InChI=1S/C14H20ClNO4/c1-9(7-19-3)16-14(18)8-20-13-5-4-11(10(2)17)6-12(13)15/h4-6,9-10,17H,7-8H2,1-3H3,(H,16,18)/t9?,10-/m1/s1. The molecule has 2 atom stereocenters. The maximum absolute atomic E-state index is 11.6. The van der Waals surface area contributed by atoms with Gasteiger partial charge in [-0.05, 0) is 31.5 Å². The van der Waals surface area contributed by atoms with E-state index >= 15 is 0 Å². The first-order chi connectivity index (χ1) is 9.43. The molecule has 1 amide bonds. The Labute approximate surface area is 123 Å². The van der Waals surface area contributed by atoms with E-state index in [1.165, 1.54) is 0 Å².